The number of hydrogen-bond acceptors (Lipinski definition) is 1. The quantitative estimate of drug-likeness (QED) is 0.242. The van der Waals surface area contributed by atoms with Crippen molar-refractivity contribution in [2.24, 2.45) is 23.7 Å². The van der Waals surface area contributed by atoms with Crippen molar-refractivity contribution in [2.45, 2.75) is 36.9 Å². The predicted octanol–water partition coefficient (Wildman–Crippen LogP) is 9.18. The number of allylic oxidation sites excluding steroid dienone is 10. The molecule has 6 atom stereocenters. The summed E-state index contributed by atoms with van der Waals surface area (Å²) < 4.78 is 41.9. The molecule has 2 fully saturated rings. The molecule has 2 nitrogen and oxygen atoms in total. The summed E-state index contributed by atoms with van der Waals surface area (Å²) >= 11 is -0.556. The Kier molecular flexibility index (Phi) is 9.80. The van der Waals surface area contributed by atoms with Crippen molar-refractivity contribution in [3.05, 3.63) is 115 Å². The van der Waals surface area contributed by atoms with Gasteiger partial charge in [-0.1, -0.05) is 104 Å². The Hall–Kier alpha value is -1.12. The summed E-state index contributed by atoms with van der Waals surface area (Å²) in [4.78, 5) is 0. The van der Waals surface area contributed by atoms with Gasteiger partial charge in [-0.25, -0.2) is 0 Å². The zero-order valence-corrected chi connectivity index (χ0v) is 26.3. The minimum absolute atomic E-state index is 0. The molecule has 5 aliphatic rings. The summed E-state index contributed by atoms with van der Waals surface area (Å²) in [5, 5.41) is 5.07. The summed E-state index contributed by atoms with van der Waals surface area (Å²) in [7, 11) is 7.79. The normalized spacial score (nSPS) is 32.4. The molecule has 6 rings (SSSR count). The monoisotopic (exact) mass is 624 g/mol. The topological polar surface area (TPSA) is 17.3 Å². The summed E-state index contributed by atoms with van der Waals surface area (Å²) in [5.74, 6) is 2.15. The van der Waals surface area contributed by atoms with Gasteiger partial charge in [0.2, 0.25) is 0 Å². The Labute approximate surface area is 248 Å². The first-order chi connectivity index (χ1) is 18.2. The van der Waals surface area contributed by atoms with Gasteiger partial charge in [-0.05, 0) is 46.9 Å². The van der Waals surface area contributed by atoms with Crippen LogP contribution < -0.4 is 0 Å². The second-order valence-corrected chi connectivity index (χ2v) is 18.0. The van der Waals surface area contributed by atoms with E-state index in [9.17, 15) is 13.2 Å². The molecule has 1 saturated carbocycles. The second-order valence-electron chi connectivity index (χ2n) is 10.9. The number of nitrogens with zero attached hydrogens (tertiary/aromatic N) is 2. The van der Waals surface area contributed by atoms with Crippen molar-refractivity contribution < 1.29 is 30.2 Å². The van der Waals surface area contributed by atoms with E-state index < -0.39 is 37.0 Å². The van der Waals surface area contributed by atoms with Crippen LogP contribution in [0.2, 0.25) is 18.6 Å². The average Bonchev–Trinajstić information content (AvgIpc) is 3.49. The van der Waals surface area contributed by atoms with Gasteiger partial charge in [0, 0.05) is 6.04 Å². The maximum atomic E-state index is 13.1. The fourth-order valence-electron chi connectivity index (χ4n) is 7.26. The van der Waals surface area contributed by atoms with Crippen LogP contribution in [0, 0.1) is 31.1 Å². The van der Waals surface area contributed by atoms with Crippen LogP contribution in [0.4, 0.5) is 13.2 Å². The Bertz CT molecular complexity index is 1170. The van der Waals surface area contributed by atoms with Crippen molar-refractivity contribution in [3.8, 4) is 0 Å². The molecule has 208 valence electrons. The van der Waals surface area contributed by atoms with E-state index in [-0.39, 0.29) is 19.5 Å². The summed E-state index contributed by atoms with van der Waals surface area (Å²) in [6.45, 7) is 5.68. The van der Waals surface area contributed by atoms with Gasteiger partial charge < -0.3 is 17.3 Å². The predicted molar refractivity (Wildman–Crippen MR) is 156 cm³/mol. The molecule has 0 N–H and O–H groups in total. The molecule has 0 bridgehead atoms. The third kappa shape index (κ3) is 5.81. The van der Waals surface area contributed by atoms with Gasteiger partial charge in [0.1, 0.15) is 8.24 Å². The SMILES string of the molecule is C[Si](C)(C1C2C=CC=CC2C2C=CC=CC21)N1C[N-]C2C(c3ccc(C(F)(F)F)cc3)=CC=C[C@H]21.[CH3-].[Cl][Ti][Cl]. The number of hydrogen-bond donors (Lipinski definition) is 0. The molecule has 1 aliphatic heterocycles. The minimum atomic E-state index is -4.32. The van der Waals surface area contributed by atoms with E-state index in [4.69, 9.17) is 23.9 Å². The molecular weight excluding hydrogens is 592 g/mol. The van der Waals surface area contributed by atoms with Gasteiger partial charge in [-0.15, -0.1) is 6.67 Å². The Morgan fingerprint density at radius 1 is 0.846 bits per heavy atom. The van der Waals surface area contributed by atoms with Crippen molar-refractivity contribution in [1.29, 1.82) is 0 Å². The second kappa shape index (κ2) is 12.4. The van der Waals surface area contributed by atoms with Gasteiger partial charge in [0.15, 0.2) is 0 Å². The Morgan fingerprint density at radius 2 is 1.36 bits per heavy atom. The van der Waals surface area contributed by atoms with E-state index in [1.165, 1.54) is 12.1 Å². The molecule has 1 heterocycles. The molecule has 4 aliphatic carbocycles. The van der Waals surface area contributed by atoms with E-state index in [0.717, 1.165) is 11.1 Å². The molecule has 1 aromatic carbocycles. The molecule has 1 saturated heterocycles. The van der Waals surface area contributed by atoms with Crippen LogP contribution in [-0.4, -0.2) is 31.6 Å². The van der Waals surface area contributed by atoms with Crippen molar-refractivity contribution in [2.75, 3.05) is 6.67 Å². The van der Waals surface area contributed by atoms with Crippen LogP contribution in [0.15, 0.2) is 91.1 Å². The van der Waals surface area contributed by atoms with Crippen LogP contribution >= 0.6 is 18.6 Å². The van der Waals surface area contributed by atoms with Crippen LogP contribution in [0.3, 0.4) is 0 Å². The molecule has 0 aromatic heterocycles. The van der Waals surface area contributed by atoms with Gasteiger partial charge in [0.05, 0.1) is 5.56 Å². The third-order valence-electron chi connectivity index (χ3n) is 8.84. The van der Waals surface area contributed by atoms with Crippen molar-refractivity contribution in [3.63, 3.8) is 0 Å². The zero-order valence-electron chi connectivity index (χ0n) is 22.2. The van der Waals surface area contributed by atoms with E-state index in [1.54, 1.807) is 12.1 Å². The molecule has 1 aromatic rings. The van der Waals surface area contributed by atoms with Gasteiger partial charge in [-0.2, -0.15) is 13.2 Å². The molecule has 5 unspecified atom stereocenters. The van der Waals surface area contributed by atoms with E-state index in [0.29, 0.717) is 35.9 Å². The first-order valence-electron chi connectivity index (χ1n) is 12.8. The van der Waals surface area contributed by atoms with Gasteiger partial charge in [0.25, 0.3) is 0 Å². The van der Waals surface area contributed by atoms with Gasteiger partial charge in [-0.3, -0.25) is 0 Å². The summed E-state index contributed by atoms with van der Waals surface area (Å²) in [6.07, 6.45) is 20.5. The Balaban J connectivity index is 0.000000845. The molecule has 39 heavy (non-hydrogen) atoms. The number of benzene rings is 1. The third-order valence-corrected chi connectivity index (χ3v) is 13.2. The average molecular weight is 625 g/mol. The van der Waals surface area contributed by atoms with E-state index in [1.807, 2.05) is 6.08 Å². The number of halogens is 5. The fourth-order valence-corrected chi connectivity index (χ4v) is 11.6. The van der Waals surface area contributed by atoms with Crippen LogP contribution in [0.25, 0.3) is 10.9 Å². The zero-order chi connectivity index (χ0) is 27.1. The van der Waals surface area contributed by atoms with Crippen molar-refractivity contribution >= 4 is 32.4 Å². The standard InChI is InChI=1S/C29H30F3N2Si.CH3.2ClH.Ti/c1-35(2,28-24-10-5-3-8-22(24)23-9-4-6-11-25(23)28)34-18-33-27-21(12-7-13-26(27)34)19-14-16-20(17-15-19)29(30,31)32;;;;/h3-17,22-28H,18H2,1-2H3;1H3;2*1H;/q2*-1;;;+2/p-2/t22?,23?,24?,25?,26-,27?,28?;;;;/m1..../s1. The van der Waals surface area contributed by atoms with Crippen LogP contribution in [-0.2, 0) is 23.2 Å². The Morgan fingerprint density at radius 3 is 1.87 bits per heavy atom. The first kappa shape index (κ1) is 30.8. The van der Waals surface area contributed by atoms with Crippen LogP contribution in [0.5, 0.6) is 0 Å². The number of alkyl halides is 3. The molecule has 0 spiro atoms. The molecule has 0 radical (unpaired) electrons. The summed E-state index contributed by atoms with van der Waals surface area (Å²) in [5.41, 5.74) is 1.80. The number of fused-ring (bicyclic) bond motifs is 4. The maximum absolute atomic E-state index is 13.1. The van der Waals surface area contributed by atoms with E-state index >= 15 is 0 Å². The molecule has 9 heteroatoms. The molecule has 0 amide bonds. The first-order valence-corrected chi connectivity index (χ1v) is 20.2. The van der Waals surface area contributed by atoms with E-state index in [2.05, 4.69) is 78.4 Å². The number of rotatable bonds is 3. The fraction of sp³-hybridized carbons (Fsp3) is 0.367. The molecular formula is C30H33Cl2F3N2SiTi-2. The summed E-state index contributed by atoms with van der Waals surface area (Å²) in [6, 6.07) is 5.66. The van der Waals surface area contributed by atoms with Crippen molar-refractivity contribution in [1.82, 2.24) is 4.57 Å². The van der Waals surface area contributed by atoms with Crippen LogP contribution in [0.1, 0.15) is 11.1 Å². The van der Waals surface area contributed by atoms with Gasteiger partial charge >= 0.3 is 41.8 Å².